The lowest BCUT2D eigenvalue weighted by Gasteiger charge is -2.21. The molecular weight excluding hydrogens is 266 g/mol. The molecule has 4 N–H and O–H groups in total. The Morgan fingerprint density at radius 1 is 1.16 bits per heavy atom. The molecule has 1 unspecified atom stereocenters. The fourth-order valence-corrected chi connectivity index (χ4v) is 2.30. The van der Waals surface area contributed by atoms with Crippen molar-refractivity contribution < 1.29 is 9.59 Å². The largest absolute Gasteiger partial charge is 0.320 e. The van der Waals surface area contributed by atoms with Crippen LogP contribution in [-0.4, -0.2) is 17.9 Å². The molecular formula is C13H26ClN3O2. The van der Waals surface area contributed by atoms with Gasteiger partial charge in [0.15, 0.2) is 0 Å². The van der Waals surface area contributed by atoms with Crippen molar-refractivity contribution in [2.24, 2.45) is 17.6 Å². The van der Waals surface area contributed by atoms with Gasteiger partial charge in [-0.1, -0.05) is 33.1 Å². The molecule has 0 bridgehead atoms. The second kappa shape index (κ2) is 9.15. The highest BCUT2D eigenvalue weighted by Crippen LogP contribution is 2.23. The molecule has 2 amide bonds. The fraction of sp³-hybridized carbons (Fsp3) is 0.846. The van der Waals surface area contributed by atoms with Crippen molar-refractivity contribution in [2.45, 2.75) is 58.4 Å². The van der Waals surface area contributed by atoms with Gasteiger partial charge in [-0.05, 0) is 25.2 Å². The van der Waals surface area contributed by atoms with Gasteiger partial charge in [0.2, 0.25) is 5.91 Å². The summed E-state index contributed by atoms with van der Waals surface area (Å²) in [5.74, 6) is 0.00725. The van der Waals surface area contributed by atoms with E-state index < -0.39 is 6.04 Å². The molecule has 0 heterocycles. The number of nitrogens with one attached hydrogen (secondary N) is 2. The summed E-state index contributed by atoms with van der Waals surface area (Å²) in [4.78, 5) is 23.4. The zero-order valence-corrected chi connectivity index (χ0v) is 12.6. The summed E-state index contributed by atoms with van der Waals surface area (Å²) in [6.07, 6.45) is 5.85. The lowest BCUT2D eigenvalue weighted by atomic mass is 9.89. The maximum Gasteiger partial charge on any atom is 0.255 e. The lowest BCUT2D eigenvalue weighted by Crippen LogP contribution is -2.51. The van der Waals surface area contributed by atoms with Crippen LogP contribution in [0.25, 0.3) is 0 Å². The Bertz CT molecular complexity index is 292. The summed E-state index contributed by atoms with van der Waals surface area (Å²) in [6.45, 7) is 4.02. The van der Waals surface area contributed by atoms with E-state index in [9.17, 15) is 9.59 Å². The van der Waals surface area contributed by atoms with Crippen LogP contribution in [0.4, 0.5) is 0 Å². The molecule has 1 saturated carbocycles. The highest BCUT2D eigenvalue weighted by Gasteiger charge is 2.22. The molecule has 1 aliphatic carbocycles. The molecule has 1 fully saturated rings. The molecule has 0 radical (unpaired) electrons. The van der Waals surface area contributed by atoms with Crippen LogP contribution in [0.2, 0.25) is 0 Å². The topological polar surface area (TPSA) is 84.2 Å². The summed E-state index contributed by atoms with van der Waals surface area (Å²) in [5, 5.41) is 0. The number of amides is 2. The van der Waals surface area contributed by atoms with E-state index in [2.05, 4.69) is 10.9 Å². The van der Waals surface area contributed by atoms with E-state index >= 15 is 0 Å². The van der Waals surface area contributed by atoms with E-state index in [1.807, 2.05) is 13.8 Å². The Hall–Kier alpha value is -0.810. The number of halogens is 1. The zero-order chi connectivity index (χ0) is 13.5. The minimum absolute atomic E-state index is 0. The van der Waals surface area contributed by atoms with Gasteiger partial charge in [0.1, 0.15) is 0 Å². The third-order valence-corrected chi connectivity index (χ3v) is 3.35. The summed E-state index contributed by atoms with van der Waals surface area (Å²) in [6, 6.07) is -0.559. The summed E-state index contributed by atoms with van der Waals surface area (Å²) < 4.78 is 0. The van der Waals surface area contributed by atoms with Crippen molar-refractivity contribution in [3.63, 3.8) is 0 Å². The number of hydrazine groups is 1. The van der Waals surface area contributed by atoms with Gasteiger partial charge in [-0.15, -0.1) is 12.4 Å². The van der Waals surface area contributed by atoms with Gasteiger partial charge in [0, 0.05) is 5.92 Å². The molecule has 5 nitrogen and oxygen atoms in total. The SMILES string of the molecule is CC(C)CC(N)C(=O)NNC(=O)C1CCCCC1.Cl. The van der Waals surface area contributed by atoms with Crippen molar-refractivity contribution in [3.8, 4) is 0 Å². The average molecular weight is 292 g/mol. The first-order chi connectivity index (χ1) is 8.50. The van der Waals surface area contributed by atoms with Crippen molar-refractivity contribution in [1.29, 1.82) is 0 Å². The minimum Gasteiger partial charge on any atom is -0.320 e. The van der Waals surface area contributed by atoms with Gasteiger partial charge in [-0.25, -0.2) is 0 Å². The Labute approximate surface area is 121 Å². The molecule has 19 heavy (non-hydrogen) atoms. The van der Waals surface area contributed by atoms with Crippen LogP contribution in [0.1, 0.15) is 52.4 Å². The van der Waals surface area contributed by atoms with Gasteiger partial charge >= 0.3 is 0 Å². The van der Waals surface area contributed by atoms with Crippen LogP contribution in [-0.2, 0) is 9.59 Å². The second-order valence-electron chi connectivity index (χ2n) is 5.55. The molecule has 0 spiro atoms. The standard InChI is InChI=1S/C13H25N3O2.ClH/c1-9(2)8-11(14)13(18)16-15-12(17)10-6-4-3-5-7-10;/h9-11H,3-8,14H2,1-2H3,(H,15,17)(H,16,18);1H. The average Bonchev–Trinajstić information content (AvgIpc) is 2.35. The Balaban J connectivity index is 0.00000324. The van der Waals surface area contributed by atoms with Crippen molar-refractivity contribution >= 4 is 24.2 Å². The maximum atomic E-state index is 11.8. The molecule has 1 aliphatic rings. The van der Waals surface area contributed by atoms with Gasteiger partial charge in [0.25, 0.3) is 5.91 Å². The summed E-state index contributed by atoms with van der Waals surface area (Å²) >= 11 is 0. The van der Waals surface area contributed by atoms with E-state index in [4.69, 9.17) is 5.73 Å². The smallest absolute Gasteiger partial charge is 0.255 e. The molecule has 1 atom stereocenters. The number of rotatable bonds is 4. The first-order valence-electron chi connectivity index (χ1n) is 6.86. The number of hydrogen-bond donors (Lipinski definition) is 3. The van der Waals surface area contributed by atoms with Gasteiger partial charge in [0.05, 0.1) is 6.04 Å². The number of hydrogen-bond acceptors (Lipinski definition) is 3. The highest BCUT2D eigenvalue weighted by atomic mass is 35.5. The molecule has 0 saturated heterocycles. The molecule has 1 rings (SSSR count). The fourth-order valence-electron chi connectivity index (χ4n) is 2.30. The number of carbonyl (C=O) groups excluding carboxylic acids is 2. The summed E-state index contributed by atoms with van der Waals surface area (Å²) in [7, 11) is 0. The molecule has 6 heteroatoms. The van der Waals surface area contributed by atoms with Gasteiger partial charge < -0.3 is 5.73 Å². The first kappa shape index (κ1) is 18.2. The molecule has 112 valence electrons. The van der Waals surface area contributed by atoms with Crippen molar-refractivity contribution in [2.75, 3.05) is 0 Å². The summed E-state index contributed by atoms with van der Waals surface area (Å²) in [5.41, 5.74) is 10.6. The normalized spacial score (nSPS) is 17.5. The van der Waals surface area contributed by atoms with E-state index in [-0.39, 0.29) is 30.1 Å². The monoisotopic (exact) mass is 291 g/mol. The molecule has 0 aromatic heterocycles. The second-order valence-corrected chi connectivity index (χ2v) is 5.55. The minimum atomic E-state index is -0.559. The third-order valence-electron chi connectivity index (χ3n) is 3.35. The number of carbonyl (C=O) groups is 2. The van der Waals surface area contributed by atoms with Crippen LogP contribution in [0.5, 0.6) is 0 Å². The van der Waals surface area contributed by atoms with E-state index in [1.165, 1.54) is 6.42 Å². The van der Waals surface area contributed by atoms with Crippen LogP contribution in [0.15, 0.2) is 0 Å². The van der Waals surface area contributed by atoms with Crippen molar-refractivity contribution in [1.82, 2.24) is 10.9 Å². The zero-order valence-electron chi connectivity index (χ0n) is 11.8. The van der Waals surface area contributed by atoms with Crippen LogP contribution < -0.4 is 16.6 Å². The predicted octanol–water partition coefficient (Wildman–Crippen LogP) is 1.51. The number of nitrogens with two attached hydrogens (primary N) is 1. The van der Waals surface area contributed by atoms with Crippen LogP contribution in [0.3, 0.4) is 0 Å². The van der Waals surface area contributed by atoms with E-state index in [1.54, 1.807) is 0 Å². The van der Waals surface area contributed by atoms with Gasteiger partial charge in [-0.3, -0.25) is 20.4 Å². The first-order valence-corrected chi connectivity index (χ1v) is 6.86. The van der Waals surface area contributed by atoms with Gasteiger partial charge in [-0.2, -0.15) is 0 Å². The predicted molar refractivity (Wildman–Crippen MR) is 77.5 cm³/mol. The maximum absolute atomic E-state index is 11.8. The van der Waals surface area contributed by atoms with Crippen molar-refractivity contribution in [3.05, 3.63) is 0 Å². The third kappa shape index (κ3) is 6.78. The lowest BCUT2D eigenvalue weighted by molar-refractivity contribution is -0.132. The Morgan fingerprint density at radius 3 is 2.26 bits per heavy atom. The van der Waals surface area contributed by atoms with E-state index in [0.717, 1.165) is 25.7 Å². The highest BCUT2D eigenvalue weighted by molar-refractivity contribution is 5.86. The van der Waals surface area contributed by atoms with E-state index in [0.29, 0.717) is 12.3 Å². The molecule has 0 aromatic carbocycles. The quantitative estimate of drug-likeness (QED) is 0.687. The van der Waals surface area contributed by atoms with Crippen LogP contribution >= 0.6 is 12.4 Å². The Morgan fingerprint density at radius 2 is 1.74 bits per heavy atom. The molecule has 0 aliphatic heterocycles. The molecule has 0 aromatic rings. The Kier molecular flexibility index (Phi) is 8.76. The van der Waals surface area contributed by atoms with Crippen LogP contribution in [0, 0.1) is 11.8 Å².